The van der Waals surface area contributed by atoms with Crippen molar-refractivity contribution in [1.82, 2.24) is 5.32 Å². The second-order valence-corrected chi connectivity index (χ2v) is 4.96. The van der Waals surface area contributed by atoms with E-state index in [0.29, 0.717) is 36.8 Å². The van der Waals surface area contributed by atoms with E-state index in [1.165, 1.54) is 0 Å². The van der Waals surface area contributed by atoms with Crippen molar-refractivity contribution in [2.45, 2.75) is 6.42 Å². The lowest BCUT2D eigenvalue weighted by Gasteiger charge is -2.12. The van der Waals surface area contributed by atoms with Crippen LogP contribution in [0, 0.1) is 0 Å². The summed E-state index contributed by atoms with van der Waals surface area (Å²) in [6, 6.07) is 14.5. The zero-order valence-electron chi connectivity index (χ0n) is 13.9. The molecule has 0 unspecified atom stereocenters. The summed E-state index contributed by atoms with van der Waals surface area (Å²) in [4.78, 5) is 11.9. The molecule has 2 N–H and O–H groups in total. The highest BCUT2D eigenvalue weighted by atomic mass is 16.5. The zero-order valence-corrected chi connectivity index (χ0v) is 13.9. The van der Waals surface area contributed by atoms with Gasteiger partial charge in [-0.1, -0.05) is 18.2 Å². The highest BCUT2D eigenvalue weighted by Crippen LogP contribution is 2.28. The topological polar surface area (TPSA) is 68.8 Å². The molecule has 0 aromatic heterocycles. The van der Waals surface area contributed by atoms with Crippen LogP contribution >= 0.6 is 0 Å². The number of para-hydroxylation sites is 1. The molecule has 0 heterocycles. The van der Waals surface area contributed by atoms with Crippen LogP contribution in [-0.4, -0.2) is 33.4 Å². The smallest absolute Gasteiger partial charge is 0.319 e. The van der Waals surface area contributed by atoms with Crippen LogP contribution in [0.2, 0.25) is 0 Å². The average Bonchev–Trinajstić information content (AvgIpc) is 2.62. The van der Waals surface area contributed by atoms with Gasteiger partial charge in [0.15, 0.2) is 0 Å². The Balaban J connectivity index is 1.71. The molecule has 0 aliphatic carbocycles. The Morgan fingerprint density at radius 2 is 1.79 bits per heavy atom. The van der Waals surface area contributed by atoms with Gasteiger partial charge in [0, 0.05) is 12.6 Å². The highest BCUT2D eigenvalue weighted by molar-refractivity contribution is 5.91. The second-order valence-electron chi connectivity index (χ2n) is 4.96. The fraction of sp³-hybridized carbons (Fsp3) is 0.278. The van der Waals surface area contributed by atoms with Crippen LogP contribution < -0.4 is 24.8 Å². The summed E-state index contributed by atoms with van der Waals surface area (Å²) in [6.45, 7) is 1.05. The van der Waals surface area contributed by atoms with Gasteiger partial charge >= 0.3 is 6.03 Å². The highest BCUT2D eigenvalue weighted by Gasteiger charge is 2.08. The van der Waals surface area contributed by atoms with Crippen molar-refractivity contribution in [3.05, 3.63) is 48.5 Å². The van der Waals surface area contributed by atoms with Crippen molar-refractivity contribution in [2.24, 2.45) is 0 Å². The van der Waals surface area contributed by atoms with Crippen LogP contribution in [0.25, 0.3) is 0 Å². The standard InChI is InChI=1S/C18H22N2O4/c1-22-15-9-10-16(17(13-15)23-2)20-18(21)19-11-6-12-24-14-7-4-3-5-8-14/h3-5,7-10,13H,6,11-12H2,1-2H3,(H2,19,20,21). The van der Waals surface area contributed by atoms with Gasteiger partial charge in [-0.15, -0.1) is 0 Å². The normalized spacial score (nSPS) is 9.92. The van der Waals surface area contributed by atoms with Gasteiger partial charge in [-0.2, -0.15) is 0 Å². The van der Waals surface area contributed by atoms with E-state index in [1.54, 1.807) is 32.4 Å². The predicted molar refractivity (Wildman–Crippen MR) is 93.1 cm³/mol. The van der Waals surface area contributed by atoms with Crippen LogP contribution in [0.4, 0.5) is 10.5 Å². The fourth-order valence-corrected chi connectivity index (χ4v) is 2.05. The maximum Gasteiger partial charge on any atom is 0.319 e. The molecular weight excluding hydrogens is 308 g/mol. The van der Waals surface area contributed by atoms with Gasteiger partial charge in [0.2, 0.25) is 0 Å². The summed E-state index contributed by atoms with van der Waals surface area (Å²) in [7, 11) is 3.12. The van der Waals surface area contributed by atoms with Gasteiger partial charge in [-0.25, -0.2) is 4.79 Å². The Hall–Kier alpha value is -2.89. The quantitative estimate of drug-likeness (QED) is 0.729. The largest absolute Gasteiger partial charge is 0.497 e. The number of urea groups is 1. The average molecular weight is 330 g/mol. The molecule has 2 amide bonds. The molecule has 0 radical (unpaired) electrons. The van der Waals surface area contributed by atoms with Gasteiger partial charge in [0.25, 0.3) is 0 Å². The Labute approximate surface area is 141 Å². The number of nitrogens with one attached hydrogen (secondary N) is 2. The summed E-state index contributed by atoms with van der Waals surface area (Å²) < 4.78 is 15.9. The SMILES string of the molecule is COc1ccc(NC(=O)NCCCOc2ccccc2)c(OC)c1. The Morgan fingerprint density at radius 3 is 2.50 bits per heavy atom. The predicted octanol–water partition coefficient (Wildman–Crippen LogP) is 3.29. The molecule has 0 saturated heterocycles. The van der Waals surface area contributed by atoms with Gasteiger partial charge in [0.1, 0.15) is 17.2 Å². The number of hydrogen-bond donors (Lipinski definition) is 2. The van der Waals surface area contributed by atoms with Crippen molar-refractivity contribution in [3.8, 4) is 17.2 Å². The van der Waals surface area contributed by atoms with E-state index in [9.17, 15) is 4.79 Å². The first-order valence-electron chi connectivity index (χ1n) is 7.67. The van der Waals surface area contributed by atoms with E-state index in [1.807, 2.05) is 30.3 Å². The van der Waals surface area contributed by atoms with Crippen LogP contribution in [0.15, 0.2) is 48.5 Å². The number of hydrogen-bond acceptors (Lipinski definition) is 4. The number of amides is 2. The third kappa shape index (κ3) is 5.39. The molecule has 128 valence electrons. The number of benzene rings is 2. The number of methoxy groups -OCH3 is 2. The molecule has 0 aliphatic heterocycles. The van der Waals surface area contributed by atoms with Gasteiger partial charge < -0.3 is 24.8 Å². The molecule has 0 fully saturated rings. The van der Waals surface area contributed by atoms with Crippen molar-refractivity contribution in [2.75, 3.05) is 32.7 Å². The number of carbonyl (C=O) groups excluding carboxylic acids is 1. The minimum Gasteiger partial charge on any atom is -0.497 e. The fourth-order valence-electron chi connectivity index (χ4n) is 2.05. The maximum absolute atomic E-state index is 11.9. The van der Waals surface area contributed by atoms with Crippen molar-refractivity contribution >= 4 is 11.7 Å². The molecule has 2 rings (SSSR count). The summed E-state index contributed by atoms with van der Waals surface area (Å²) in [5, 5.41) is 5.53. The summed E-state index contributed by atoms with van der Waals surface area (Å²) in [5.74, 6) is 2.03. The van der Waals surface area contributed by atoms with Crippen LogP contribution in [0.5, 0.6) is 17.2 Å². The number of rotatable bonds is 8. The van der Waals surface area contributed by atoms with E-state index in [0.717, 1.165) is 5.75 Å². The van der Waals surface area contributed by atoms with E-state index >= 15 is 0 Å². The third-order valence-electron chi connectivity index (χ3n) is 3.28. The summed E-state index contributed by atoms with van der Waals surface area (Å²) in [5.41, 5.74) is 0.580. The number of ether oxygens (including phenoxy) is 3. The molecule has 24 heavy (non-hydrogen) atoms. The molecule has 0 atom stereocenters. The first-order chi connectivity index (χ1) is 11.7. The maximum atomic E-state index is 11.9. The molecule has 6 heteroatoms. The van der Waals surface area contributed by atoms with E-state index in [-0.39, 0.29) is 6.03 Å². The lowest BCUT2D eigenvalue weighted by molar-refractivity contribution is 0.250. The van der Waals surface area contributed by atoms with Crippen LogP contribution in [0.1, 0.15) is 6.42 Å². The van der Waals surface area contributed by atoms with E-state index in [2.05, 4.69) is 10.6 Å². The minimum atomic E-state index is -0.293. The Bertz CT molecular complexity index is 647. The monoisotopic (exact) mass is 330 g/mol. The molecule has 0 bridgehead atoms. The zero-order chi connectivity index (χ0) is 17.2. The molecule has 6 nitrogen and oxygen atoms in total. The number of anilines is 1. The second kappa shape index (κ2) is 9.29. The summed E-state index contributed by atoms with van der Waals surface area (Å²) >= 11 is 0. The lowest BCUT2D eigenvalue weighted by atomic mass is 10.2. The molecule has 0 spiro atoms. The third-order valence-corrected chi connectivity index (χ3v) is 3.28. The van der Waals surface area contributed by atoms with Gasteiger partial charge in [0.05, 0.1) is 26.5 Å². The molecule has 2 aromatic rings. The number of carbonyl (C=O) groups is 1. The van der Waals surface area contributed by atoms with Crippen LogP contribution in [0.3, 0.4) is 0 Å². The van der Waals surface area contributed by atoms with E-state index < -0.39 is 0 Å². The first kappa shape index (κ1) is 17.5. The minimum absolute atomic E-state index is 0.293. The van der Waals surface area contributed by atoms with E-state index in [4.69, 9.17) is 14.2 Å². The van der Waals surface area contributed by atoms with Gasteiger partial charge in [-0.05, 0) is 30.7 Å². The summed E-state index contributed by atoms with van der Waals surface area (Å²) in [6.07, 6.45) is 0.710. The first-order valence-corrected chi connectivity index (χ1v) is 7.67. The van der Waals surface area contributed by atoms with Gasteiger partial charge in [-0.3, -0.25) is 0 Å². The van der Waals surface area contributed by atoms with Crippen molar-refractivity contribution in [3.63, 3.8) is 0 Å². The van der Waals surface area contributed by atoms with Crippen LogP contribution in [-0.2, 0) is 0 Å². The molecule has 0 aliphatic rings. The lowest BCUT2D eigenvalue weighted by Crippen LogP contribution is -2.30. The Morgan fingerprint density at radius 1 is 1.00 bits per heavy atom. The van der Waals surface area contributed by atoms with Crippen molar-refractivity contribution < 1.29 is 19.0 Å². The molecule has 0 saturated carbocycles. The molecular formula is C18H22N2O4. The van der Waals surface area contributed by atoms with Crippen molar-refractivity contribution in [1.29, 1.82) is 0 Å². The molecule has 2 aromatic carbocycles. The Kier molecular flexibility index (Phi) is 6.76.